The van der Waals surface area contributed by atoms with Gasteiger partial charge in [0.1, 0.15) is 5.82 Å². The van der Waals surface area contributed by atoms with Gasteiger partial charge in [-0.1, -0.05) is 18.9 Å². The molecule has 1 aromatic carbocycles. The average molecular weight is 305 g/mol. The Morgan fingerprint density at radius 2 is 2.05 bits per heavy atom. The maximum Gasteiger partial charge on any atom is 0.237 e. The van der Waals surface area contributed by atoms with E-state index < -0.39 is 11.9 Å². The predicted octanol–water partition coefficient (Wildman–Crippen LogP) is 1.55. The second kappa shape index (κ2) is 6.44. The number of amides is 2. The van der Waals surface area contributed by atoms with Crippen molar-refractivity contribution < 1.29 is 14.0 Å². The standard InChI is InChI=1S/C16H20FN3O2/c17-10-4-3-5-11(8-10)18-15(21)9-14-16(22)20-13-7-2-1-6-12(13)19-14/h3-5,8,12-14,19H,1-2,6-7,9H2,(H,18,21)(H,20,22)/t12-,13+,14-/m1/s1. The highest BCUT2D eigenvalue weighted by atomic mass is 19.1. The molecule has 22 heavy (non-hydrogen) atoms. The summed E-state index contributed by atoms with van der Waals surface area (Å²) in [6.45, 7) is 0. The molecule has 1 saturated carbocycles. The molecule has 5 nitrogen and oxygen atoms in total. The molecule has 2 fully saturated rings. The van der Waals surface area contributed by atoms with Crippen molar-refractivity contribution in [2.24, 2.45) is 0 Å². The molecule has 3 rings (SSSR count). The van der Waals surface area contributed by atoms with E-state index in [4.69, 9.17) is 0 Å². The Balaban J connectivity index is 1.57. The summed E-state index contributed by atoms with van der Waals surface area (Å²) in [5.41, 5.74) is 0.400. The molecule has 2 amide bonds. The number of carbonyl (C=O) groups excluding carboxylic acids is 2. The molecule has 1 saturated heterocycles. The maximum atomic E-state index is 13.1. The summed E-state index contributed by atoms with van der Waals surface area (Å²) in [5.74, 6) is -0.832. The summed E-state index contributed by atoms with van der Waals surface area (Å²) in [7, 11) is 0. The van der Waals surface area contributed by atoms with Gasteiger partial charge in [-0.15, -0.1) is 0 Å². The fraction of sp³-hybridized carbons (Fsp3) is 0.500. The van der Waals surface area contributed by atoms with E-state index in [0.717, 1.165) is 25.7 Å². The van der Waals surface area contributed by atoms with Gasteiger partial charge in [-0.05, 0) is 31.0 Å². The normalized spacial score (nSPS) is 27.7. The zero-order chi connectivity index (χ0) is 15.5. The van der Waals surface area contributed by atoms with E-state index in [0.29, 0.717) is 5.69 Å². The summed E-state index contributed by atoms with van der Waals surface area (Å²) in [6, 6.07) is 5.63. The summed E-state index contributed by atoms with van der Waals surface area (Å²) in [4.78, 5) is 24.1. The Kier molecular flexibility index (Phi) is 4.38. The van der Waals surface area contributed by atoms with Gasteiger partial charge in [0.25, 0.3) is 0 Å². The van der Waals surface area contributed by atoms with Crippen LogP contribution in [0.4, 0.5) is 10.1 Å². The quantitative estimate of drug-likeness (QED) is 0.793. The zero-order valence-corrected chi connectivity index (χ0v) is 12.3. The van der Waals surface area contributed by atoms with Gasteiger partial charge in [0.2, 0.25) is 11.8 Å². The van der Waals surface area contributed by atoms with E-state index in [1.165, 1.54) is 18.2 Å². The summed E-state index contributed by atoms with van der Waals surface area (Å²) < 4.78 is 13.1. The van der Waals surface area contributed by atoms with Crippen molar-refractivity contribution in [1.29, 1.82) is 0 Å². The summed E-state index contributed by atoms with van der Waals surface area (Å²) in [6.07, 6.45) is 4.34. The van der Waals surface area contributed by atoms with Crippen molar-refractivity contribution in [3.8, 4) is 0 Å². The van der Waals surface area contributed by atoms with Crippen LogP contribution in [-0.4, -0.2) is 29.9 Å². The molecule has 0 bridgehead atoms. The van der Waals surface area contributed by atoms with Crippen molar-refractivity contribution in [2.45, 2.75) is 50.2 Å². The third-order valence-corrected chi connectivity index (χ3v) is 4.32. The highest BCUT2D eigenvalue weighted by Gasteiger charge is 2.36. The van der Waals surface area contributed by atoms with Crippen LogP contribution in [0.2, 0.25) is 0 Å². The Morgan fingerprint density at radius 1 is 1.27 bits per heavy atom. The lowest BCUT2D eigenvalue weighted by molar-refractivity contribution is -0.129. The van der Waals surface area contributed by atoms with Crippen LogP contribution < -0.4 is 16.0 Å². The van der Waals surface area contributed by atoms with Crippen LogP contribution in [-0.2, 0) is 9.59 Å². The number of carbonyl (C=O) groups is 2. The third kappa shape index (κ3) is 3.44. The van der Waals surface area contributed by atoms with E-state index >= 15 is 0 Å². The molecule has 3 atom stereocenters. The second-order valence-corrected chi connectivity index (χ2v) is 5.99. The van der Waals surface area contributed by atoms with Gasteiger partial charge in [0, 0.05) is 17.8 Å². The SMILES string of the molecule is O=C(C[C@H]1N[C@@H]2CCCC[C@@H]2NC1=O)Nc1cccc(F)c1. The number of fused-ring (bicyclic) bond motifs is 1. The minimum atomic E-state index is -0.520. The Labute approximate surface area is 128 Å². The number of benzene rings is 1. The second-order valence-electron chi connectivity index (χ2n) is 5.99. The molecule has 118 valence electrons. The first kappa shape index (κ1) is 15.0. The Morgan fingerprint density at radius 3 is 2.82 bits per heavy atom. The van der Waals surface area contributed by atoms with Crippen LogP contribution in [0, 0.1) is 5.82 Å². The molecule has 1 heterocycles. The first-order chi connectivity index (χ1) is 10.6. The first-order valence-electron chi connectivity index (χ1n) is 7.73. The molecule has 6 heteroatoms. The largest absolute Gasteiger partial charge is 0.350 e. The summed E-state index contributed by atoms with van der Waals surface area (Å²) >= 11 is 0. The van der Waals surface area contributed by atoms with Crippen molar-refractivity contribution in [2.75, 3.05) is 5.32 Å². The molecule has 2 aliphatic rings. The topological polar surface area (TPSA) is 70.2 Å². The number of anilines is 1. The van der Waals surface area contributed by atoms with E-state index in [9.17, 15) is 14.0 Å². The van der Waals surface area contributed by atoms with Crippen molar-refractivity contribution in [1.82, 2.24) is 10.6 Å². The van der Waals surface area contributed by atoms with E-state index in [2.05, 4.69) is 16.0 Å². The van der Waals surface area contributed by atoms with Crippen LogP contribution in [0.1, 0.15) is 32.1 Å². The van der Waals surface area contributed by atoms with Gasteiger partial charge in [-0.25, -0.2) is 4.39 Å². The molecular weight excluding hydrogens is 285 g/mol. The fourth-order valence-electron chi connectivity index (χ4n) is 3.24. The summed E-state index contributed by atoms with van der Waals surface area (Å²) in [5, 5.41) is 8.92. The monoisotopic (exact) mass is 305 g/mol. The minimum absolute atomic E-state index is 0.0472. The van der Waals surface area contributed by atoms with Crippen LogP contribution in [0.3, 0.4) is 0 Å². The average Bonchev–Trinajstić information content (AvgIpc) is 2.48. The molecule has 0 aromatic heterocycles. The van der Waals surface area contributed by atoms with Crippen molar-refractivity contribution in [3.05, 3.63) is 30.1 Å². The van der Waals surface area contributed by atoms with Gasteiger partial charge in [0.15, 0.2) is 0 Å². The number of hydrogen-bond donors (Lipinski definition) is 3. The van der Waals surface area contributed by atoms with Crippen LogP contribution in [0.5, 0.6) is 0 Å². The number of halogens is 1. The highest BCUT2D eigenvalue weighted by molar-refractivity contribution is 5.95. The first-order valence-corrected chi connectivity index (χ1v) is 7.73. The smallest absolute Gasteiger partial charge is 0.237 e. The van der Waals surface area contributed by atoms with E-state index in [1.54, 1.807) is 6.07 Å². The fourth-order valence-corrected chi connectivity index (χ4v) is 3.24. The lowest BCUT2D eigenvalue weighted by atomic mass is 9.87. The Hall–Kier alpha value is -1.95. The molecule has 3 N–H and O–H groups in total. The predicted molar refractivity (Wildman–Crippen MR) is 80.8 cm³/mol. The lowest BCUT2D eigenvalue weighted by Gasteiger charge is -2.40. The van der Waals surface area contributed by atoms with E-state index in [-0.39, 0.29) is 30.3 Å². The van der Waals surface area contributed by atoms with Gasteiger partial charge in [0.05, 0.1) is 12.5 Å². The van der Waals surface area contributed by atoms with E-state index in [1.807, 2.05) is 0 Å². The van der Waals surface area contributed by atoms with Crippen molar-refractivity contribution in [3.63, 3.8) is 0 Å². The van der Waals surface area contributed by atoms with Crippen LogP contribution in [0.15, 0.2) is 24.3 Å². The molecule has 1 aliphatic carbocycles. The maximum absolute atomic E-state index is 13.1. The van der Waals surface area contributed by atoms with Crippen LogP contribution >= 0.6 is 0 Å². The number of hydrogen-bond acceptors (Lipinski definition) is 3. The van der Waals surface area contributed by atoms with Gasteiger partial charge < -0.3 is 16.0 Å². The number of nitrogens with one attached hydrogen (secondary N) is 3. The van der Waals surface area contributed by atoms with Gasteiger partial charge in [-0.2, -0.15) is 0 Å². The lowest BCUT2D eigenvalue weighted by Crippen LogP contribution is -2.65. The minimum Gasteiger partial charge on any atom is -0.350 e. The molecule has 0 radical (unpaired) electrons. The molecule has 0 unspecified atom stereocenters. The van der Waals surface area contributed by atoms with Gasteiger partial charge >= 0.3 is 0 Å². The number of rotatable bonds is 3. The van der Waals surface area contributed by atoms with Gasteiger partial charge in [-0.3, -0.25) is 9.59 Å². The highest BCUT2D eigenvalue weighted by Crippen LogP contribution is 2.22. The molecule has 0 spiro atoms. The van der Waals surface area contributed by atoms with Crippen LogP contribution in [0.25, 0.3) is 0 Å². The third-order valence-electron chi connectivity index (χ3n) is 4.32. The molecule has 1 aliphatic heterocycles. The Bertz CT molecular complexity index is 578. The number of piperazine rings is 1. The zero-order valence-electron chi connectivity index (χ0n) is 12.3. The molecular formula is C16H20FN3O2. The van der Waals surface area contributed by atoms with Crippen molar-refractivity contribution >= 4 is 17.5 Å². The molecule has 1 aromatic rings.